The van der Waals surface area contributed by atoms with Crippen LogP contribution in [0.5, 0.6) is 0 Å². The molecule has 0 bridgehead atoms. The zero-order valence-electron chi connectivity index (χ0n) is 19.3. The number of rotatable bonds is 9. The number of aliphatic hydroxyl groups is 1. The molecule has 1 fully saturated rings. The highest BCUT2D eigenvalue weighted by molar-refractivity contribution is 5.79. The molecule has 2 aromatic heterocycles. The number of aryl methyl sites for hydroxylation is 1. The quantitative estimate of drug-likeness (QED) is 0.530. The Labute approximate surface area is 188 Å². The molecule has 8 nitrogen and oxygen atoms in total. The molecule has 0 spiro atoms. The summed E-state index contributed by atoms with van der Waals surface area (Å²) in [6, 6.07) is 8.32. The number of pyridine rings is 1. The number of tetrazole rings is 1. The Hall–Kier alpha value is -2.58. The molecular formula is C24H34N6O2. The Balaban J connectivity index is 1.70. The van der Waals surface area contributed by atoms with Crippen LogP contribution < -0.4 is 5.56 Å². The highest BCUT2D eigenvalue weighted by atomic mass is 16.3. The van der Waals surface area contributed by atoms with Gasteiger partial charge < -0.3 is 10.1 Å². The zero-order chi connectivity index (χ0) is 22.7. The van der Waals surface area contributed by atoms with Crippen LogP contribution >= 0.6 is 0 Å². The van der Waals surface area contributed by atoms with Crippen LogP contribution in [0.25, 0.3) is 10.9 Å². The van der Waals surface area contributed by atoms with E-state index in [1.165, 1.54) is 12.8 Å². The summed E-state index contributed by atoms with van der Waals surface area (Å²) in [6.07, 6.45) is 5.23. The Morgan fingerprint density at radius 3 is 2.75 bits per heavy atom. The first-order valence-corrected chi connectivity index (χ1v) is 11.7. The first-order chi connectivity index (χ1) is 15.5. The van der Waals surface area contributed by atoms with Crippen LogP contribution in [-0.2, 0) is 6.54 Å². The predicted octanol–water partition coefficient (Wildman–Crippen LogP) is 3.52. The number of aromatic nitrogens is 5. The third-order valence-corrected chi connectivity index (χ3v) is 6.53. The van der Waals surface area contributed by atoms with E-state index in [4.69, 9.17) is 0 Å². The smallest absolute Gasteiger partial charge is 0.252 e. The van der Waals surface area contributed by atoms with E-state index in [1.54, 1.807) is 0 Å². The largest absolute Gasteiger partial charge is 0.396 e. The number of nitrogens with one attached hydrogen (secondary N) is 1. The van der Waals surface area contributed by atoms with E-state index in [-0.39, 0.29) is 24.1 Å². The molecule has 0 aliphatic heterocycles. The van der Waals surface area contributed by atoms with Gasteiger partial charge in [-0.3, -0.25) is 9.69 Å². The Bertz CT molecular complexity index is 1100. The number of aliphatic hydroxyl groups excluding tert-OH is 1. The van der Waals surface area contributed by atoms with Crippen molar-refractivity contribution in [1.82, 2.24) is 30.1 Å². The first-order valence-electron chi connectivity index (χ1n) is 11.7. The van der Waals surface area contributed by atoms with Crippen LogP contribution in [0.3, 0.4) is 0 Å². The van der Waals surface area contributed by atoms with Gasteiger partial charge >= 0.3 is 0 Å². The van der Waals surface area contributed by atoms with Crippen molar-refractivity contribution >= 4 is 10.9 Å². The molecule has 2 N–H and O–H groups in total. The minimum Gasteiger partial charge on any atom is -0.396 e. The van der Waals surface area contributed by atoms with E-state index in [0.29, 0.717) is 31.1 Å². The van der Waals surface area contributed by atoms with Crippen LogP contribution in [0.15, 0.2) is 29.1 Å². The summed E-state index contributed by atoms with van der Waals surface area (Å²) in [5.74, 6) is 1.10. The second kappa shape index (κ2) is 9.92. The fraction of sp³-hybridized carbons (Fsp3) is 0.583. The van der Waals surface area contributed by atoms with Gasteiger partial charge in [0.1, 0.15) is 0 Å². The van der Waals surface area contributed by atoms with Gasteiger partial charge in [0.05, 0.1) is 12.1 Å². The van der Waals surface area contributed by atoms with Gasteiger partial charge in [-0.25, -0.2) is 4.68 Å². The molecule has 3 aromatic rings. The van der Waals surface area contributed by atoms with Crippen LogP contribution in [0.2, 0.25) is 0 Å². The number of hydrogen-bond acceptors (Lipinski definition) is 6. The summed E-state index contributed by atoms with van der Waals surface area (Å²) >= 11 is 0. The van der Waals surface area contributed by atoms with Crippen molar-refractivity contribution in [2.75, 3.05) is 13.2 Å². The maximum atomic E-state index is 12.9. The lowest BCUT2D eigenvalue weighted by atomic mass is 9.99. The topological polar surface area (TPSA) is 99.9 Å². The average molecular weight is 439 g/mol. The van der Waals surface area contributed by atoms with Crippen LogP contribution in [0.1, 0.15) is 75.0 Å². The van der Waals surface area contributed by atoms with Gasteiger partial charge in [0.2, 0.25) is 0 Å². The van der Waals surface area contributed by atoms with Crippen molar-refractivity contribution in [3.8, 4) is 0 Å². The summed E-state index contributed by atoms with van der Waals surface area (Å²) in [5, 5.41) is 23.4. The minimum absolute atomic E-state index is 0.0512. The lowest BCUT2D eigenvalue weighted by Gasteiger charge is -2.34. The summed E-state index contributed by atoms with van der Waals surface area (Å²) < 4.78 is 2.01. The van der Waals surface area contributed by atoms with Gasteiger partial charge in [-0.2, -0.15) is 0 Å². The SMILES string of the molecule is Cc1ccc2[nH]c(=O)c(CN(CCCO)[C@H](c3nnnn3C3CCCC3)C(C)C)cc2c1. The van der Waals surface area contributed by atoms with Gasteiger partial charge in [0, 0.05) is 30.8 Å². The molecule has 8 heteroatoms. The van der Waals surface area contributed by atoms with Crippen molar-refractivity contribution < 1.29 is 5.11 Å². The van der Waals surface area contributed by atoms with Crippen molar-refractivity contribution in [3.05, 3.63) is 51.6 Å². The van der Waals surface area contributed by atoms with Gasteiger partial charge in [-0.15, -0.1) is 5.10 Å². The third-order valence-electron chi connectivity index (χ3n) is 6.53. The third kappa shape index (κ3) is 4.76. The molecule has 0 amide bonds. The molecule has 2 heterocycles. The molecule has 0 radical (unpaired) electrons. The number of nitrogens with zero attached hydrogens (tertiary/aromatic N) is 5. The van der Waals surface area contributed by atoms with Gasteiger partial charge in [0.25, 0.3) is 5.56 Å². The zero-order valence-corrected chi connectivity index (χ0v) is 19.3. The molecule has 1 atom stereocenters. The highest BCUT2D eigenvalue weighted by Gasteiger charge is 2.32. The van der Waals surface area contributed by atoms with Crippen molar-refractivity contribution in [2.24, 2.45) is 5.92 Å². The lowest BCUT2D eigenvalue weighted by molar-refractivity contribution is 0.120. The molecular weight excluding hydrogens is 404 g/mol. The Kier molecular flexibility index (Phi) is 7.01. The monoisotopic (exact) mass is 438 g/mol. The minimum atomic E-state index is -0.0757. The van der Waals surface area contributed by atoms with E-state index < -0.39 is 0 Å². The fourth-order valence-corrected chi connectivity index (χ4v) is 4.99. The maximum absolute atomic E-state index is 12.9. The average Bonchev–Trinajstić information content (AvgIpc) is 3.44. The molecule has 1 saturated carbocycles. The second-order valence-corrected chi connectivity index (χ2v) is 9.37. The summed E-state index contributed by atoms with van der Waals surface area (Å²) in [7, 11) is 0. The van der Waals surface area contributed by atoms with Crippen LogP contribution in [0.4, 0.5) is 0 Å². The summed E-state index contributed by atoms with van der Waals surface area (Å²) in [6.45, 7) is 7.61. The molecule has 4 rings (SSSR count). The van der Waals surface area contributed by atoms with E-state index in [0.717, 1.165) is 35.1 Å². The van der Waals surface area contributed by atoms with E-state index in [1.807, 2.05) is 22.9 Å². The second-order valence-electron chi connectivity index (χ2n) is 9.37. The Morgan fingerprint density at radius 2 is 2.03 bits per heavy atom. The summed E-state index contributed by atoms with van der Waals surface area (Å²) in [5.41, 5.74) is 2.64. The number of aromatic amines is 1. The lowest BCUT2D eigenvalue weighted by Crippen LogP contribution is -2.37. The number of benzene rings is 1. The Morgan fingerprint density at radius 1 is 1.25 bits per heavy atom. The standard InChI is InChI=1S/C24H34N6O2/c1-16(2)22(23-26-27-28-30(23)20-7-4-5-8-20)29(11-6-12-31)15-19-14-18-13-17(3)9-10-21(18)25-24(19)32/h9-10,13-14,16,20,22,31H,4-8,11-12,15H2,1-3H3,(H,25,32)/t22-/m0/s1. The van der Waals surface area contributed by atoms with E-state index in [2.05, 4.69) is 52.2 Å². The summed E-state index contributed by atoms with van der Waals surface area (Å²) in [4.78, 5) is 18.2. The van der Waals surface area contributed by atoms with E-state index in [9.17, 15) is 9.90 Å². The molecule has 32 heavy (non-hydrogen) atoms. The first kappa shape index (κ1) is 22.6. The molecule has 0 unspecified atom stereocenters. The molecule has 1 aliphatic rings. The number of hydrogen-bond donors (Lipinski definition) is 2. The van der Waals surface area contributed by atoms with Gasteiger partial charge in [-0.1, -0.05) is 38.3 Å². The molecule has 1 aromatic carbocycles. The van der Waals surface area contributed by atoms with Crippen LogP contribution in [0, 0.1) is 12.8 Å². The van der Waals surface area contributed by atoms with Crippen molar-refractivity contribution in [3.63, 3.8) is 0 Å². The fourth-order valence-electron chi connectivity index (χ4n) is 4.99. The normalized spacial score (nSPS) is 15.9. The van der Waals surface area contributed by atoms with Gasteiger partial charge in [-0.05, 0) is 66.1 Å². The van der Waals surface area contributed by atoms with Crippen molar-refractivity contribution in [1.29, 1.82) is 0 Å². The van der Waals surface area contributed by atoms with Gasteiger partial charge in [0.15, 0.2) is 5.82 Å². The molecule has 1 aliphatic carbocycles. The van der Waals surface area contributed by atoms with E-state index >= 15 is 0 Å². The predicted molar refractivity (Wildman–Crippen MR) is 124 cm³/mol. The number of H-pyrrole nitrogens is 1. The van der Waals surface area contributed by atoms with Crippen molar-refractivity contribution in [2.45, 2.75) is 71.5 Å². The molecule has 172 valence electrons. The number of fused-ring (bicyclic) bond motifs is 1. The van der Waals surface area contributed by atoms with Crippen LogP contribution in [-0.4, -0.2) is 48.3 Å². The maximum Gasteiger partial charge on any atom is 0.252 e. The highest BCUT2D eigenvalue weighted by Crippen LogP contribution is 2.34. The molecule has 0 saturated heterocycles.